The first-order chi connectivity index (χ1) is 9.76. The number of hydrogen-bond acceptors (Lipinski definition) is 4. The van der Waals surface area contributed by atoms with E-state index in [0.29, 0.717) is 24.2 Å². The van der Waals surface area contributed by atoms with Crippen molar-refractivity contribution in [3.63, 3.8) is 0 Å². The summed E-state index contributed by atoms with van der Waals surface area (Å²) in [6.07, 6.45) is 7.41. The summed E-state index contributed by atoms with van der Waals surface area (Å²) < 4.78 is 11.0. The highest BCUT2D eigenvalue weighted by atomic mass is 16.5. The second kappa shape index (κ2) is 4.61. The van der Waals surface area contributed by atoms with E-state index in [1.165, 1.54) is 25.7 Å². The molecule has 1 aromatic rings. The van der Waals surface area contributed by atoms with Crippen LogP contribution in [-0.2, 0) is 4.74 Å². The number of carbonyl (C=O) groups excluding carboxylic acids is 1. The molecule has 4 heteroatoms. The molecule has 4 rings (SSSR count). The van der Waals surface area contributed by atoms with Crippen LogP contribution in [0.5, 0.6) is 0 Å². The molecule has 108 valence electrons. The third kappa shape index (κ3) is 1.97. The third-order valence-electron chi connectivity index (χ3n) is 5.15. The van der Waals surface area contributed by atoms with Crippen LogP contribution >= 0.6 is 0 Å². The molecule has 4 nitrogen and oxygen atoms in total. The summed E-state index contributed by atoms with van der Waals surface area (Å²) in [4.78, 5) is 16.7. The van der Waals surface area contributed by atoms with Crippen molar-refractivity contribution in [1.29, 1.82) is 0 Å². The maximum absolute atomic E-state index is 12.0. The van der Waals surface area contributed by atoms with Crippen molar-refractivity contribution >= 4 is 5.97 Å². The van der Waals surface area contributed by atoms with Gasteiger partial charge in [0.1, 0.15) is 0 Å². The average molecular weight is 275 g/mol. The number of rotatable bonds is 4. The molecule has 0 aromatic carbocycles. The van der Waals surface area contributed by atoms with Crippen molar-refractivity contribution in [2.45, 2.75) is 57.3 Å². The van der Waals surface area contributed by atoms with E-state index in [9.17, 15) is 4.79 Å². The topological polar surface area (TPSA) is 52.3 Å². The van der Waals surface area contributed by atoms with Crippen LogP contribution in [0.25, 0.3) is 0 Å². The van der Waals surface area contributed by atoms with E-state index in [-0.39, 0.29) is 5.97 Å². The van der Waals surface area contributed by atoms with Gasteiger partial charge in [-0.1, -0.05) is 6.42 Å². The number of ether oxygens (including phenoxy) is 1. The van der Waals surface area contributed by atoms with Crippen molar-refractivity contribution in [2.24, 2.45) is 11.8 Å². The molecule has 3 aliphatic rings. The molecule has 3 unspecified atom stereocenters. The summed E-state index contributed by atoms with van der Waals surface area (Å²) in [7, 11) is 0. The summed E-state index contributed by atoms with van der Waals surface area (Å²) in [6.45, 7) is 2.20. The Morgan fingerprint density at radius 3 is 2.75 bits per heavy atom. The Hall–Kier alpha value is -1.32. The van der Waals surface area contributed by atoms with Crippen LogP contribution in [0.4, 0.5) is 0 Å². The highest BCUT2D eigenvalue weighted by Crippen LogP contribution is 2.53. The van der Waals surface area contributed by atoms with Crippen molar-refractivity contribution < 1.29 is 13.9 Å². The van der Waals surface area contributed by atoms with E-state index in [1.54, 1.807) is 0 Å². The maximum atomic E-state index is 12.0. The number of nitrogens with zero attached hydrogens (tertiary/aromatic N) is 1. The zero-order chi connectivity index (χ0) is 13.7. The molecule has 1 heterocycles. The lowest BCUT2D eigenvalue weighted by atomic mass is 9.89. The molecule has 3 fully saturated rings. The molecule has 0 aliphatic heterocycles. The quantitative estimate of drug-likeness (QED) is 0.787. The molecule has 0 spiro atoms. The standard InChI is InChI=1S/C16H21NO3/c1-2-19-16(18)14-13(10-5-6-10)17-15(20-14)12-8-9-3-4-11(12)7-9/h9-12H,2-8H2,1H3. The van der Waals surface area contributed by atoms with Gasteiger partial charge in [0.25, 0.3) is 0 Å². The largest absolute Gasteiger partial charge is 0.460 e. The van der Waals surface area contributed by atoms with Gasteiger partial charge in [-0.15, -0.1) is 0 Å². The fourth-order valence-corrected chi connectivity index (χ4v) is 4.03. The highest BCUT2D eigenvalue weighted by Gasteiger charge is 2.44. The lowest BCUT2D eigenvalue weighted by Gasteiger charge is -2.17. The Morgan fingerprint density at radius 2 is 2.15 bits per heavy atom. The van der Waals surface area contributed by atoms with Crippen molar-refractivity contribution in [3.05, 3.63) is 17.3 Å². The molecular weight excluding hydrogens is 254 g/mol. The molecule has 3 saturated carbocycles. The number of esters is 1. The van der Waals surface area contributed by atoms with E-state index >= 15 is 0 Å². The molecule has 0 amide bonds. The summed E-state index contributed by atoms with van der Waals surface area (Å²) in [5.41, 5.74) is 0.862. The van der Waals surface area contributed by atoms with Gasteiger partial charge in [-0.2, -0.15) is 0 Å². The highest BCUT2D eigenvalue weighted by molar-refractivity contribution is 5.87. The number of aromatic nitrogens is 1. The van der Waals surface area contributed by atoms with Gasteiger partial charge >= 0.3 is 5.97 Å². The van der Waals surface area contributed by atoms with E-state index in [2.05, 4.69) is 0 Å². The zero-order valence-corrected chi connectivity index (χ0v) is 11.9. The van der Waals surface area contributed by atoms with Crippen LogP contribution in [0.2, 0.25) is 0 Å². The van der Waals surface area contributed by atoms with Gasteiger partial charge in [0.15, 0.2) is 5.89 Å². The van der Waals surface area contributed by atoms with Crippen molar-refractivity contribution in [1.82, 2.24) is 4.98 Å². The van der Waals surface area contributed by atoms with Crippen LogP contribution in [0, 0.1) is 11.8 Å². The molecule has 3 aliphatic carbocycles. The summed E-state index contributed by atoms with van der Waals surface area (Å²) in [5.74, 6) is 3.29. The third-order valence-corrected chi connectivity index (χ3v) is 5.15. The molecule has 0 radical (unpaired) electrons. The fraction of sp³-hybridized carbons (Fsp3) is 0.750. The molecule has 1 aromatic heterocycles. The lowest BCUT2D eigenvalue weighted by molar-refractivity contribution is 0.0484. The minimum atomic E-state index is -0.337. The molecule has 20 heavy (non-hydrogen) atoms. The van der Waals surface area contributed by atoms with Gasteiger partial charge in [-0.3, -0.25) is 0 Å². The SMILES string of the molecule is CCOC(=O)c1oc(C2CC3CCC2C3)nc1C1CC1. The van der Waals surface area contributed by atoms with E-state index in [0.717, 1.165) is 36.3 Å². The van der Waals surface area contributed by atoms with Crippen LogP contribution in [0.3, 0.4) is 0 Å². The second-order valence-corrected chi connectivity index (χ2v) is 6.54. The Balaban J connectivity index is 1.64. The number of fused-ring (bicyclic) bond motifs is 2. The van der Waals surface area contributed by atoms with Crippen molar-refractivity contribution in [3.8, 4) is 0 Å². The van der Waals surface area contributed by atoms with Crippen LogP contribution in [0.15, 0.2) is 4.42 Å². The minimum absolute atomic E-state index is 0.337. The van der Waals surface area contributed by atoms with Gasteiger partial charge in [0.2, 0.25) is 5.76 Å². The second-order valence-electron chi connectivity index (χ2n) is 6.54. The van der Waals surface area contributed by atoms with Crippen molar-refractivity contribution in [2.75, 3.05) is 6.61 Å². The Kier molecular flexibility index (Phi) is 2.86. The molecule has 3 atom stereocenters. The maximum Gasteiger partial charge on any atom is 0.376 e. The number of oxazole rings is 1. The van der Waals surface area contributed by atoms with Crippen LogP contribution in [-0.4, -0.2) is 17.6 Å². The normalized spacial score (nSPS) is 31.8. The molecule has 0 saturated heterocycles. The first-order valence-electron chi connectivity index (χ1n) is 7.94. The predicted molar refractivity (Wildman–Crippen MR) is 72.6 cm³/mol. The minimum Gasteiger partial charge on any atom is -0.460 e. The number of carbonyl (C=O) groups is 1. The summed E-state index contributed by atoms with van der Waals surface area (Å²) in [6, 6.07) is 0. The summed E-state index contributed by atoms with van der Waals surface area (Å²) >= 11 is 0. The average Bonchev–Trinajstić information content (AvgIpc) is 2.91. The fourth-order valence-electron chi connectivity index (χ4n) is 4.03. The Labute approximate surface area is 118 Å². The predicted octanol–water partition coefficient (Wildman–Crippen LogP) is 3.63. The lowest BCUT2D eigenvalue weighted by Crippen LogP contribution is -2.08. The Morgan fingerprint density at radius 1 is 1.30 bits per heavy atom. The smallest absolute Gasteiger partial charge is 0.376 e. The van der Waals surface area contributed by atoms with Crippen LogP contribution < -0.4 is 0 Å². The van der Waals surface area contributed by atoms with Gasteiger partial charge in [-0.05, 0) is 50.9 Å². The van der Waals surface area contributed by atoms with Gasteiger partial charge in [0.05, 0.1) is 12.3 Å². The molecule has 0 N–H and O–H groups in total. The Bertz CT molecular complexity index is 532. The van der Waals surface area contributed by atoms with Gasteiger partial charge in [0, 0.05) is 11.8 Å². The van der Waals surface area contributed by atoms with Crippen LogP contribution in [0.1, 0.15) is 79.4 Å². The van der Waals surface area contributed by atoms with E-state index < -0.39 is 0 Å². The zero-order valence-electron chi connectivity index (χ0n) is 11.9. The van der Waals surface area contributed by atoms with Gasteiger partial charge in [-0.25, -0.2) is 9.78 Å². The van der Waals surface area contributed by atoms with E-state index in [4.69, 9.17) is 14.1 Å². The molecule has 2 bridgehead atoms. The molecular formula is C16H21NO3. The monoisotopic (exact) mass is 275 g/mol. The van der Waals surface area contributed by atoms with E-state index in [1.807, 2.05) is 6.92 Å². The first-order valence-corrected chi connectivity index (χ1v) is 7.94. The van der Waals surface area contributed by atoms with Gasteiger partial charge < -0.3 is 9.15 Å². The number of hydrogen-bond donors (Lipinski definition) is 0. The first kappa shape index (κ1) is 12.4. The summed E-state index contributed by atoms with van der Waals surface area (Å²) in [5, 5.41) is 0.